The van der Waals surface area contributed by atoms with Crippen LogP contribution in [0.3, 0.4) is 0 Å². The topological polar surface area (TPSA) is 104 Å². The summed E-state index contributed by atoms with van der Waals surface area (Å²) < 4.78 is 43.6. The average Bonchev–Trinajstić information content (AvgIpc) is 2.86. The van der Waals surface area contributed by atoms with Crippen LogP contribution >= 0.6 is 0 Å². The van der Waals surface area contributed by atoms with Crippen LogP contribution < -0.4 is 16.1 Å². The Balaban J connectivity index is 1.99. The summed E-state index contributed by atoms with van der Waals surface area (Å²) in [6, 6.07) is 5.14. The van der Waals surface area contributed by atoms with Crippen molar-refractivity contribution >= 4 is 5.82 Å². The zero-order chi connectivity index (χ0) is 26.0. The van der Waals surface area contributed by atoms with Gasteiger partial charge in [0.2, 0.25) is 0 Å². The Hall–Kier alpha value is -3.91. The first-order chi connectivity index (χ1) is 17.2. The lowest BCUT2D eigenvalue weighted by Gasteiger charge is -2.35. The van der Waals surface area contributed by atoms with Gasteiger partial charge in [0.15, 0.2) is 17.5 Å². The fourth-order valence-corrected chi connectivity index (χ4v) is 4.55. The highest BCUT2D eigenvalue weighted by Gasteiger charge is 2.28. The quantitative estimate of drug-likeness (QED) is 0.523. The van der Waals surface area contributed by atoms with E-state index in [4.69, 9.17) is 0 Å². The van der Waals surface area contributed by atoms with Gasteiger partial charge in [0.25, 0.3) is 5.56 Å². The van der Waals surface area contributed by atoms with Crippen LogP contribution in [0, 0.1) is 41.6 Å². The Morgan fingerprint density at radius 2 is 1.78 bits per heavy atom. The van der Waals surface area contributed by atoms with Crippen molar-refractivity contribution in [2.45, 2.75) is 32.7 Å². The molecule has 188 valence electrons. The van der Waals surface area contributed by atoms with E-state index in [1.165, 1.54) is 6.20 Å². The first-order valence-corrected chi connectivity index (χ1v) is 11.4. The average molecular weight is 499 g/mol. The van der Waals surface area contributed by atoms with Crippen molar-refractivity contribution in [1.29, 1.82) is 5.26 Å². The third-order valence-corrected chi connectivity index (χ3v) is 6.35. The third-order valence-electron chi connectivity index (χ3n) is 6.35. The summed E-state index contributed by atoms with van der Waals surface area (Å²) in [5.41, 5.74) is -0.602. The molecule has 0 bridgehead atoms. The first kappa shape index (κ1) is 25.2. The molecule has 36 heavy (non-hydrogen) atoms. The Kier molecular flexibility index (Phi) is 7.26. The molecule has 11 heteroatoms. The molecule has 1 fully saturated rings. The van der Waals surface area contributed by atoms with Crippen LogP contribution in [0.15, 0.2) is 40.2 Å². The van der Waals surface area contributed by atoms with Crippen LogP contribution in [0.2, 0.25) is 0 Å². The van der Waals surface area contributed by atoms with E-state index in [2.05, 4.69) is 4.98 Å². The molecule has 0 amide bonds. The maximum absolute atomic E-state index is 14.0. The van der Waals surface area contributed by atoms with Crippen LogP contribution in [-0.4, -0.2) is 38.9 Å². The summed E-state index contributed by atoms with van der Waals surface area (Å²) in [6.45, 7) is 2.14. The van der Waals surface area contributed by atoms with Gasteiger partial charge in [0.05, 0.1) is 23.5 Å². The fraction of sp³-hybridized carbons (Fsp3) is 0.360. The number of aromatic nitrogens is 3. The Morgan fingerprint density at radius 3 is 2.36 bits per heavy atom. The summed E-state index contributed by atoms with van der Waals surface area (Å²) in [4.78, 5) is 33.2. The second-order valence-corrected chi connectivity index (χ2v) is 8.85. The van der Waals surface area contributed by atoms with Crippen LogP contribution in [0.5, 0.6) is 0 Å². The molecular weight excluding hydrogens is 475 g/mol. The molecule has 2 aromatic heterocycles. The maximum atomic E-state index is 14.0. The molecule has 0 aliphatic carbocycles. The highest BCUT2D eigenvalue weighted by molar-refractivity contribution is 5.51. The number of nitriles is 1. The van der Waals surface area contributed by atoms with Crippen LogP contribution in [0.25, 0.3) is 5.69 Å². The van der Waals surface area contributed by atoms with Gasteiger partial charge in [0.1, 0.15) is 12.4 Å². The van der Waals surface area contributed by atoms with E-state index in [1.807, 2.05) is 6.07 Å². The van der Waals surface area contributed by atoms with Crippen molar-refractivity contribution in [3.05, 3.63) is 85.6 Å². The molecule has 1 aromatic carbocycles. The number of hydrogen-bond acceptors (Lipinski definition) is 6. The molecule has 0 radical (unpaired) electrons. The number of rotatable bonds is 6. The maximum Gasteiger partial charge on any atom is 0.338 e. The van der Waals surface area contributed by atoms with Gasteiger partial charge < -0.3 is 10.0 Å². The van der Waals surface area contributed by atoms with Crippen molar-refractivity contribution < 1.29 is 18.3 Å². The number of benzene rings is 1. The van der Waals surface area contributed by atoms with E-state index >= 15 is 0 Å². The van der Waals surface area contributed by atoms with E-state index in [0.717, 1.165) is 21.3 Å². The molecule has 4 rings (SSSR count). The summed E-state index contributed by atoms with van der Waals surface area (Å²) in [7, 11) is 0. The Morgan fingerprint density at radius 1 is 1.11 bits per heavy atom. The van der Waals surface area contributed by atoms with E-state index in [1.54, 1.807) is 24.1 Å². The number of anilines is 1. The smallest absolute Gasteiger partial charge is 0.338 e. The number of aryl methyl sites for hydroxylation is 1. The lowest BCUT2D eigenvalue weighted by atomic mass is 9.97. The number of nitrogens with zero attached hydrogens (tertiary/aromatic N) is 5. The van der Waals surface area contributed by atoms with Crippen molar-refractivity contribution in [3.8, 4) is 11.8 Å². The second kappa shape index (κ2) is 10.4. The second-order valence-electron chi connectivity index (χ2n) is 8.85. The standard InChI is InChI=1S/C25H24F3N5O3/c1-15-8-18(13-30-12-15)33-24(35)19(9-17-10-20(26)22(28)21(27)11-17)23(32(7-4-29)25(33)36)31-5-2-16(14-34)3-6-31/h8,10-13,16,34H,2-3,5-7,9,14H2,1H3. The van der Waals surface area contributed by atoms with Gasteiger partial charge in [-0.05, 0) is 55.0 Å². The molecule has 1 aliphatic heterocycles. The highest BCUT2D eigenvalue weighted by atomic mass is 19.2. The minimum absolute atomic E-state index is 0.00177. The molecule has 0 saturated carbocycles. The summed E-state index contributed by atoms with van der Waals surface area (Å²) >= 11 is 0. The number of aliphatic hydroxyl groups is 1. The van der Waals surface area contributed by atoms with Crippen molar-refractivity contribution in [1.82, 2.24) is 14.1 Å². The number of halogens is 3. The van der Waals surface area contributed by atoms with Gasteiger partial charge in [-0.15, -0.1) is 0 Å². The highest BCUT2D eigenvalue weighted by Crippen LogP contribution is 2.27. The molecule has 3 heterocycles. The van der Waals surface area contributed by atoms with E-state index in [9.17, 15) is 33.1 Å². The number of aliphatic hydroxyl groups excluding tert-OH is 1. The van der Waals surface area contributed by atoms with E-state index in [0.29, 0.717) is 31.5 Å². The van der Waals surface area contributed by atoms with E-state index < -0.39 is 28.7 Å². The van der Waals surface area contributed by atoms with Gasteiger partial charge in [-0.3, -0.25) is 14.3 Å². The summed E-state index contributed by atoms with van der Waals surface area (Å²) in [6.07, 6.45) is 3.74. The van der Waals surface area contributed by atoms with Crippen molar-refractivity contribution in [2.24, 2.45) is 5.92 Å². The molecule has 0 spiro atoms. The van der Waals surface area contributed by atoms with Gasteiger partial charge >= 0.3 is 5.69 Å². The molecule has 3 aromatic rings. The largest absolute Gasteiger partial charge is 0.396 e. The van der Waals surface area contributed by atoms with Crippen LogP contribution in [0.1, 0.15) is 29.5 Å². The lowest BCUT2D eigenvalue weighted by molar-refractivity contribution is 0.202. The van der Waals surface area contributed by atoms with E-state index in [-0.39, 0.29) is 48.1 Å². The fourth-order valence-electron chi connectivity index (χ4n) is 4.55. The molecule has 0 atom stereocenters. The van der Waals surface area contributed by atoms with Crippen molar-refractivity contribution in [3.63, 3.8) is 0 Å². The zero-order valence-electron chi connectivity index (χ0n) is 19.5. The normalized spacial score (nSPS) is 14.2. The SMILES string of the molecule is Cc1cncc(-n2c(=O)c(Cc3cc(F)c(F)c(F)c3)c(N3CCC(CO)CC3)n(CC#N)c2=O)c1. The minimum atomic E-state index is -1.62. The van der Waals surface area contributed by atoms with Gasteiger partial charge in [-0.1, -0.05) is 0 Å². The molecule has 1 aliphatic rings. The number of hydrogen-bond donors (Lipinski definition) is 1. The number of piperidine rings is 1. The predicted molar refractivity (Wildman–Crippen MR) is 126 cm³/mol. The molecule has 8 nitrogen and oxygen atoms in total. The monoisotopic (exact) mass is 499 g/mol. The summed E-state index contributed by atoms with van der Waals surface area (Å²) in [5, 5.41) is 19.0. The zero-order valence-corrected chi connectivity index (χ0v) is 19.5. The van der Waals surface area contributed by atoms with Crippen molar-refractivity contribution in [2.75, 3.05) is 24.6 Å². The van der Waals surface area contributed by atoms with Gasteiger partial charge in [-0.25, -0.2) is 22.5 Å². The number of pyridine rings is 1. The van der Waals surface area contributed by atoms with Crippen LogP contribution in [-0.2, 0) is 13.0 Å². The molecule has 1 saturated heterocycles. The molecule has 0 unspecified atom stereocenters. The van der Waals surface area contributed by atoms with Crippen LogP contribution in [0.4, 0.5) is 19.0 Å². The first-order valence-electron chi connectivity index (χ1n) is 11.4. The van der Waals surface area contributed by atoms with Gasteiger partial charge in [-0.2, -0.15) is 5.26 Å². The summed E-state index contributed by atoms with van der Waals surface area (Å²) in [5.74, 6) is -4.19. The third kappa shape index (κ3) is 4.77. The lowest BCUT2D eigenvalue weighted by Crippen LogP contribution is -2.46. The molecule has 1 N–H and O–H groups in total. The molecular formula is C25H24F3N5O3. The predicted octanol–water partition coefficient (Wildman–Crippen LogP) is 2.44. The Bertz CT molecular complexity index is 1430. The minimum Gasteiger partial charge on any atom is -0.396 e. The van der Waals surface area contributed by atoms with Gasteiger partial charge in [0, 0.05) is 32.3 Å². The Labute approximate surface area is 204 Å².